The van der Waals surface area contributed by atoms with E-state index in [1.165, 1.54) is 12.5 Å². The monoisotopic (exact) mass is 302 g/mol. The van der Waals surface area contributed by atoms with Crippen LogP contribution in [0.4, 0.5) is 0 Å². The van der Waals surface area contributed by atoms with Crippen LogP contribution in [0.3, 0.4) is 0 Å². The third-order valence-electron chi connectivity index (χ3n) is 4.56. The van der Waals surface area contributed by atoms with E-state index in [1.54, 1.807) is 0 Å². The molecule has 2 aliphatic heterocycles. The maximum absolute atomic E-state index is 11.4. The van der Waals surface area contributed by atoms with Crippen molar-refractivity contribution < 1.29 is 19.0 Å². The summed E-state index contributed by atoms with van der Waals surface area (Å²) in [6.07, 6.45) is 3.24. The molecule has 2 heterocycles. The predicted molar refractivity (Wildman–Crippen MR) is 82.3 cm³/mol. The summed E-state index contributed by atoms with van der Waals surface area (Å²) in [5, 5.41) is 0. The van der Waals surface area contributed by atoms with Crippen LogP contribution < -0.4 is 0 Å². The van der Waals surface area contributed by atoms with Crippen molar-refractivity contribution in [2.24, 2.45) is 0 Å². The van der Waals surface area contributed by atoms with E-state index in [0.29, 0.717) is 6.61 Å². The lowest BCUT2D eigenvalue weighted by Crippen LogP contribution is -2.48. The largest absolute Gasteiger partial charge is 0.456 e. The summed E-state index contributed by atoms with van der Waals surface area (Å²) < 4.78 is 17.7. The first-order chi connectivity index (χ1) is 10.3. The number of hydrogen-bond donors (Lipinski definition) is 0. The molecule has 2 bridgehead atoms. The van der Waals surface area contributed by atoms with Gasteiger partial charge in [0.05, 0.1) is 6.61 Å². The van der Waals surface area contributed by atoms with Crippen molar-refractivity contribution in [3.63, 3.8) is 0 Å². The number of hydrogen-bond acceptors (Lipinski definition) is 4. The van der Waals surface area contributed by atoms with Gasteiger partial charge in [0.1, 0.15) is 17.3 Å². The smallest absolute Gasteiger partial charge is 0.303 e. The van der Waals surface area contributed by atoms with Crippen molar-refractivity contribution in [3.05, 3.63) is 47.5 Å². The van der Waals surface area contributed by atoms with E-state index in [9.17, 15) is 4.79 Å². The van der Waals surface area contributed by atoms with Gasteiger partial charge in [0, 0.05) is 6.92 Å². The topological polar surface area (TPSA) is 44.8 Å². The van der Waals surface area contributed by atoms with Crippen LogP contribution in [0.1, 0.15) is 31.9 Å². The van der Waals surface area contributed by atoms with E-state index < -0.39 is 17.3 Å². The van der Waals surface area contributed by atoms with Gasteiger partial charge in [-0.25, -0.2) is 0 Å². The number of carbonyl (C=O) groups is 1. The fraction of sp³-hybridized carbons (Fsp3) is 0.500. The molecule has 1 saturated heterocycles. The van der Waals surface area contributed by atoms with Crippen molar-refractivity contribution >= 4 is 5.97 Å². The molecule has 4 heteroatoms. The summed E-state index contributed by atoms with van der Waals surface area (Å²) in [5.74, 6) is -0.316. The maximum atomic E-state index is 11.4. The van der Waals surface area contributed by atoms with E-state index in [4.69, 9.17) is 14.2 Å². The molecule has 22 heavy (non-hydrogen) atoms. The molecule has 1 aromatic rings. The van der Waals surface area contributed by atoms with Crippen LogP contribution in [0.15, 0.2) is 36.4 Å². The Bertz CT molecular complexity index is 623. The zero-order chi connectivity index (χ0) is 16.0. The Morgan fingerprint density at radius 1 is 1.18 bits per heavy atom. The van der Waals surface area contributed by atoms with Crippen LogP contribution in [0.5, 0.6) is 0 Å². The number of fused-ring (bicyclic) bond motifs is 2. The minimum atomic E-state index is -0.614. The molecule has 0 amide bonds. The van der Waals surface area contributed by atoms with Crippen LogP contribution in [-0.4, -0.2) is 29.4 Å². The Balaban J connectivity index is 1.80. The second-order valence-electron chi connectivity index (χ2n) is 6.49. The minimum Gasteiger partial charge on any atom is -0.456 e. The predicted octanol–water partition coefficient (Wildman–Crippen LogP) is 2.93. The van der Waals surface area contributed by atoms with Gasteiger partial charge in [-0.3, -0.25) is 4.79 Å². The van der Waals surface area contributed by atoms with Gasteiger partial charge in [0.15, 0.2) is 6.10 Å². The van der Waals surface area contributed by atoms with E-state index in [0.717, 1.165) is 5.56 Å². The van der Waals surface area contributed by atoms with Crippen molar-refractivity contribution in [1.29, 1.82) is 0 Å². The normalized spacial score (nSPS) is 35.8. The summed E-state index contributed by atoms with van der Waals surface area (Å²) in [6.45, 7) is 7.85. The number of rotatable bonds is 4. The summed E-state index contributed by atoms with van der Waals surface area (Å²) in [7, 11) is 0. The first-order valence-electron chi connectivity index (χ1n) is 7.58. The average Bonchev–Trinajstić information content (AvgIpc) is 2.86. The molecule has 118 valence electrons. The lowest BCUT2D eigenvalue weighted by molar-refractivity contribution is -0.158. The molecule has 2 aliphatic rings. The Kier molecular flexibility index (Phi) is 3.62. The third kappa shape index (κ3) is 2.46. The Labute approximate surface area is 131 Å². The molecule has 4 unspecified atom stereocenters. The lowest BCUT2D eigenvalue weighted by Gasteiger charge is -2.32. The highest BCUT2D eigenvalue weighted by molar-refractivity contribution is 5.66. The van der Waals surface area contributed by atoms with Gasteiger partial charge < -0.3 is 14.2 Å². The maximum Gasteiger partial charge on any atom is 0.303 e. The molecule has 1 fully saturated rings. The number of benzene rings is 1. The highest BCUT2D eigenvalue weighted by atomic mass is 16.6. The van der Waals surface area contributed by atoms with Crippen LogP contribution >= 0.6 is 0 Å². The molecule has 1 aromatic carbocycles. The molecule has 3 rings (SSSR count). The summed E-state index contributed by atoms with van der Waals surface area (Å²) >= 11 is 0. The molecule has 0 aliphatic carbocycles. The van der Waals surface area contributed by atoms with Crippen LogP contribution in [0, 0.1) is 6.92 Å². The Morgan fingerprint density at radius 2 is 1.82 bits per heavy atom. The van der Waals surface area contributed by atoms with Gasteiger partial charge in [0.25, 0.3) is 0 Å². The van der Waals surface area contributed by atoms with Gasteiger partial charge >= 0.3 is 5.97 Å². The number of ether oxygens (including phenoxy) is 3. The molecule has 0 N–H and O–H groups in total. The van der Waals surface area contributed by atoms with Crippen LogP contribution in [0.2, 0.25) is 0 Å². The lowest BCUT2D eigenvalue weighted by atomic mass is 9.85. The van der Waals surface area contributed by atoms with Gasteiger partial charge in [-0.2, -0.15) is 0 Å². The summed E-state index contributed by atoms with van der Waals surface area (Å²) in [5.41, 5.74) is 1.14. The van der Waals surface area contributed by atoms with E-state index in [1.807, 2.05) is 44.2 Å². The first kappa shape index (κ1) is 15.3. The zero-order valence-corrected chi connectivity index (χ0v) is 13.5. The van der Waals surface area contributed by atoms with Crippen molar-refractivity contribution in [3.8, 4) is 0 Å². The van der Waals surface area contributed by atoms with E-state index >= 15 is 0 Å². The minimum absolute atomic E-state index is 0.314. The second kappa shape index (κ2) is 5.21. The fourth-order valence-corrected chi connectivity index (χ4v) is 3.34. The molecular weight excluding hydrogens is 280 g/mol. The number of esters is 1. The zero-order valence-electron chi connectivity index (χ0n) is 13.5. The summed E-state index contributed by atoms with van der Waals surface area (Å²) in [4.78, 5) is 11.4. The van der Waals surface area contributed by atoms with Crippen molar-refractivity contribution in [1.82, 2.24) is 0 Å². The highest BCUT2D eigenvalue weighted by Crippen LogP contribution is 2.48. The van der Waals surface area contributed by atoms with E-state index in [-0.39, 0.29) is 12.1 Å². The molecule has 0 spiro atoms. The summed E-state index contributed by atoms with van der Waals surface area (Å²) in [6, 6.07) is 8.11. The quantitative estimate of drug-likeness (QED) is 0.633. The van der Waals surface area contributed by atoms with Gasteiger partial charge in [-0.05, 0) is 31.9 Å². The Hall–Kier alpha value is -1.65. The average molecular weight is 302 g/mol. The van der Waals surface area contributed by atoms with Crippen LogP contribution in [0.25, 0.3) is 0 Å². The number of aryl methyl sites for hydroxylation is 1. The van der Waals surface area contributed by atoms with Gasteiger partial charge in [-0.1, -0.05) is 36.4 Å². The molecule has 4 nitrogen and oxygen atoms in total. The molecule has 0 aromatic heterocycles. The molecule has 4 atom stereocenters. The molecule has 0 radical (unpaired) electrons. The molecular formula is C18H22O4. The van der Waals surface area contributed by atoms with Gasteiger partial charge in [0.2, 0.25) is 0 Å². The fourth-order valence-electron chi connectivity index (χ4n) is 3.34. The molecule has 0 saturated carbocycles. The van der Waals surface area contributed by atoms with Crippen LogP contribution in [-0.2, 0) is 25.6 Å². The SMILES string of the molecule is CC(=O)OC1C(OCc2ccccc2C)C2(C)C=CC1(C)O2. The van der Waals surface area contributed by atoms with E-state index in [2.05, 4.69) is 13.0 Å². The van der Waals surface area contributed by atoms with Crippen molar-refractivity contribution in [2.75, 3.05) is 0 Å². The van der Waals surface area contributed by atoms with Crippen molar-refractivity contribution in [2.45, 2.75) is 57.7 Å². The highest BCUT2D eigenvalue weighted by Gasteiger charge is 2.62. The standard InChI is InChI=1S/C18H22O4/c1-12-7-5-6-8-14(12)11-20-15-16(21-13(2)19)18(4)10-9-17(15,3)22-18/h5-10,15-16H,11H2,1-4H3. The first-order valence-corrected chi connectivity index (χ1v) is 7.58. The Morgan fingerprint density at radius 3 is 2.45 bits per heavy atom. The second-order valence-corrected chi connectivity index (χ2v) is 6.49. The third-order valence-corrected chi connectivity index (χ3v) is 4.56. The van der Waals surface area contributed by atoms with Gasteiger partial charge in [-0.15, -0.1) is 0 Å². The number of carbonyl (C=O) groups excluding carboxylic acids is 1.